The highest BCUT2D eigenvalue weighted by atomic mass is 16.5. The number of carbonyl (C=O) groups is 2. The maximum atomic E-state index is 12.3. The molecule has 0 spiro atoms. The molecule has 0 fully saturated rings. The van der Waals surface area contributed by atoms with E-state index in [-0.39, 0.29) is 11.9 Å². The number of aliphatic imine (C=N–C) groups is 1. The monoisotopic (exact) mass is 561 g/mol. The van der Waals surface area contributed by atoms with E-state index in [0.717, 1.165) is 29.2 Å². The zero-order chi connectivity index (χ0) is 30.0. The number of pyridine rings is 1. The smallest absolute Gasteiger partial charge is 0.305 e. The molecular weight excluding hydrogens is 522 g/mol. The highest BCUT2D eigenvalue weighted by Gasteiger charge is 2.21. The lowest BCUT2D eigenvalue weighted by Crippen LogP contribution is -2.19. The number of nitrogens with zero attached hydrogens (tertiary/aromatic N) is 3. The number of nitrogens with one attached hydrogen (secondary N) is 4. The molecule has 1 aliphatic heterocycles. The molecule has 0 bridgehead atoms. The molecule has 0 radical (unpaired) electrons. The summed E-state index contributed by atoms with van der Waals surface area (Å²) in [5.74, 6) is 1.67. The van der Waals surface area contributed by atoms with Crippen molar-refractivity contribution < 1.29 is 19.5 Å². The van der Waals surface area contributed by atoms with Crippen molar-refractivity contribution in [1.29, 1.82) is 0 Å². The molecule has 5 N–H and O–H groups in total. The van der Waals surface area contributed by atoms with Gasteiger partial charge in [-0.2, -0.15) is 0 Å². The molecule has 0 saturated carbocycles. The lowest BCUT2D eigenvalue weighted by Gasteiger charge is -2.12. The van der Waals surface area contributed by atoms with Crippen molar-refractivity contribution >= 4 is 34.9 Å². The Balaban J connectivity index is 0.000000258. The van der Waals surface area contributed by atoms with E-state index in [0.29, 0.717) is 30.2 Å². The van der Waals surface area contributed by atoms with Crippen LogP contribution < -0.4 is 26.3 Å². The number of amides is 1. The second-order valence-electron chi connectivity index (χ2n) is 8.51. The van der Waals surface area contributed by atoms with Crippen molar-refractivity contribution in [2.24, 2.45) is 4.99 Å². The third kappa shape index (κ3) is 10.3. The van der Waals surface area contributed by atoms with Gasteiger partial charge in [0.2, 0.25) is 0 Å². The van der Waals surface area contributed by atoms with Gasteiger partial charge in [0, 0.05) is 51.1 Å². The van der Waals surface area contributed by atoms with Crippen LogP contribution in [0.1, 0.15) is 42.6 Å². The lowest BCUT2D eigenvalue weighted by molar-refractivity contribution is -0.143. The SMILES string of the molecule is CCCC(=O)OCC.CN/C=C1\Nc2cc(C(=O)Nc3ccccn3)ccc2N1C.CN=C(NO)c1ccccc1. The highest BCUT2D eigenvalue weighted by molar-refractivity contribution is 6.05. The van der Waals surface area contributed by atoms with E-state index in [1.165, 1.54) is 0 Å². The number of ether oxygens (including phenoxy) is 1. The fraction of sp³-hybridized carbons (Fsp3) is 0.267. The Hall–Kier alpha value is -4.90. The van der Waals surface area contributed by atoms with Crippen LogP contribution in [0.2, 0.25) is 0 Å². The van der Waals surface area contributed by atoms with Gasteiger partial charge in [0.1, 0.15) is 11.6 Å². The summed E-state index contributed by atoms with van der Waals surface area (Å²) < 4.78 is 4.64. The normalized spacial score (nSPS) is 12.5. The van der Waals surface area contributed by atoms with Gasteiger partial charge in [-0.25, -0.2) is 4.98 Å². The molecule has 1 aliphatic rings. The van der Waals surface area contributed by atoms with Crippen molar-refractivity contribution in [3.8, 4) is 0 Å². The predicted molar refractivity (Wildman–Crippen MR) is 163 cm³/mol. The molecule has 1 aromatic heterocycles. The number of anilines is 3. The van der Waals surface area contributed by atoms with Crippen LogP contribution in [0.5, 0.6) is 0 Å². The maximum absolute atomic E-state index is 12.3. The van der Waals surface area contributed by atoms with Crippen molar-refractivity contribution in [2.75, 3.05) is 43.3 Å². The van der Waals surface area contributed by atoms with Gasteiger partial charge < -0.3 is 25.6 Å². The number of benzene rings is 2. The van der Waals surface area contributed by atoms with Crippen LogP contribution >= 0.6 is 0 Å². The van der Waals surface area contributed by atoms with Crippen LogP contribution in [0.4, 0.5) is 17.2 Å². The molecular formula is C30H39N7O4. The highest BCUT2D eigenvalue weighted by Crippen LogP contribution is 2.35. The number of hydroxylamine groups is 1. The summed E-state index contributed by atoms with van der Waals surface area (Å²) in [5.41, 5.74) is 5.39. The fourth-order valence-corrected chi connectivity index (χ4v) is 3.59. The molecule has 0 unspecified atom stereocenters. The summed E-state index contributed by atoms with van der Waals surface area (Å²) in [6.45, 7) is 4.27. The molecule has 11 nitrogen and oxygen atoms in total. The minimum atomic E-state index is -0.183. The molecule has 41 heavy (non-hydrogen) atoms. The van der Waals surface area contributed by atoms with Crippen LogP contribution in [-0.4, -0.2) is 55.7 Å². The van der Waals surface area contributed by atoms with Crippen molar-refractivity contribution in [3.05, 3.63) is 96.1 Å². The first-order valence-electron chi connectivity index (χ1n) is 13.2. The quantitative estimate of drug-likeness (QED) is 0.121. The first-order chi connectivity index (χ1) is 19.9. The van der Waals surface area contributed by atoms with E-state index in [4.69, 9.17) is 5.21 Å². The minimum Gasteiger partial charge on any atom is -0.466 e. The summed E-state index contributed by atoms with van der Waals surface area (Å²) in [5, 5.41) is 17.6. The second-order valence-corrected chi connectivity index (χ2v) is 8.51. The van der Waals surface area contributed by atoms with Crippen molar-refractivity contribution in [2.45, 2.75) is 26.7 Å². The number of amidine groups is 1. The first kappa shape index (κ1) is 32.3. The largest absolute Gasteiger partial charge is 0.466 e. The van der Waals surface area contributed by atoms with Gasteiger partial charge in [-0.1, -0.05) is 43.3 Å². The third-order valence-corrected chi connectivity index (χ3v) is 5.57. The Morgan fingerprint density at radius 3 is 2.39 bits per heavy atom. The van der Waals surface area contributed by atoms with Crippen molar-refractivity contribution in [1.82, 2.24) is 15.8 Å². The molecule has 2 heterocycles. The van der Waals surface area contributed by atoms with Gasteiger partial charge in [0.15, 0.2) is 5.84 Å². The van der Waals surface area contributed by atoms with E-state index >= 15 is 0 Å². The molecule has 4 rings (SSSR count). The standard InChI is InChI=1S/C16H17N5O.C8H10N2O.C6H12O2/c1-17-10-15-19-12-9-11(6-7-13(12)21(15)2)16(22)20-14-5-3-4-8-18-14;1-9-8(10-11)7-5-3-2-4-6-7;1-3-5-6(7)8-4-2/h3-10,17,19H,1-2H3,(H,18,20,22);2-6,11H,1H3,(H,9,10);3-5H2,1-2H3/b15-10+;;. The van der Waals surface area contributed by atoms with Gasteiger partial charge in [-0.05, 0) is 43.7 Å². The average molecular weight is 562 g/mol. The van der Waals surface area contributed by atoms with Crippen molar-refractivity contribution in [3.63, 3.8) is 0 Å². The number of rotatable bonds is 7. The molecule has 0 aliphatic carbocycles. The molecule has 11 heteroatoms. The number of carbonyl (C=O) groups excluding carboxylic acids is 2. The number of hydrogen-bond acceptors (Lipinski definition) is 9. The number of aromatic nitrogens is 1. The first-order valence-corrected chi connectivity index (χ1v) is 13.2. The van der Waals surface area contributed by atoms with E-state index in [1.807, 2.05) is 93.1 Å². The Morgan fingerprint density at radius 2 is 1.80 bits per heavy atom. The summed E-state index contributed by atoms with van der Waals surface area (Å²) in [7, 11) is 5.43. The van der Waals surface area contributed by atoms with Gasteiger partial charge in [-0.15, -0.1) is 0 Å². The summed E-state index contributed by atoms with van der Waals surface area (Å²) in [4.78, 5) is 32.6. The topological polar surface area (TPSA) is 140 Å². The summed E-state index contributed by atoms with van der Waals surface area (Å²) >= 11 is 0. The Kier molecular flexibility index (Phi) is 13.9. The molecule has 0 saturated heterocycles. The predicted octanol–water partition coefficient (Wildman–Crippen LogP) is 4.61. The average Bonchev–Trinajstić information content (AvgIpc) is 3.30. The van der Waals surface area contributed by atoms with Crippen LogP contribution in [-0.2, 0) is 9.53 Å². The Bertz CT molecular complexity index is 1290. The zero-order valence-electron chi connectivity index (χ0n) is 24.1. The number of fused-ring (bicyclic) bond motifs is 1. The van der Waals surface area contributed by atoms with E-state index < -0.39 is 0 Å². The van der Waals surface area contributed by atoms with E-state index in [9.17, 15) is 9.59 Å². The van der Waals surface area contributed by atoms with Gasteiger partial charge in [-0.3, -0.25) is 25.3 Å². The zero-order valence-corrected chi connectivity index (χ0v) is 24.1. The molecule has 2 aromatic carbocycles. The third-order valence-electron chi connectivity index (χ3n) is 5.57. The lowest BCUT2D eigenvalue weighted by atomic mass is 10.1. The Morgan fingerprint density at radius 1 is 1.07 bits per heavy atom. The fourth-order valence-electron chi connectivity index (χ4n) is 3.59. The summed E-state index contributed by atoms with van der Waals surface area (Å²) in [6.07, 6.45) is 4.93. The number of esters is 1. The minimum absolute atomic E-state index is 0.0880. The van der Waals surface area contributed by atoms with E-state index in [2.05, 4.69) is 30.7 Å². The molecule has 218 valence electrons. The van der Waals surface area contributed by atoms with E-state index in [1.54, 1.807) is 31.4 Å². The molecule has 1 amide bonds. The van der Waals surface area contributed by atoms with Crippen LogP contribution in [0.25, 0.3) is 0 Å². The second kappa shape index (κ2) is 17.6. The van der Waals surface area contributed by atoms with Gasteiger partial charge >= 0.3 is 5.97 Å². The van der Waals surface area contributed by atoms with Gasteiger partial charge in [0.25, 0.3) is 5.91 Å². The van der Waals surface area contributed by atoms with Crippen LogP contribution in [0.15, 0.2) is 89.9 Å². The van der Waals surface area contributed by atoms with Crippen LogP contribution in [0.3, 0.4) is 0 Å². The summed E-state index contributed by atoms with van der Waals surface area (Å²) in [6, 6.07) is 20.4. The molecule has 0 atom stereocenters. The molecule has 3 aromatic rings. The maximum Gasteiger partial charge on any atom is 0.305 e. The number of hydrogen-bond donors (Lipinski definition) is 5. The van der Waals surface area contributed by atoms with Gasteiger partial charge in [0.05, 0.1) is 18.0 Å². The van der Waals surface area contributed by atoms with Crippen LogP contribution in [0, 0.1) is 0 Å². The Labute approximate surface area is 241 Å².